The Labute approximate surface area is 211 Å². The molecule has 1 fully saturated rings. The summed E-state index contributed by atoms with van der Waals surface area (Å²) in [5, 5.41) is 25.2. The number of hydrogen-bond donors (Lipinski definition) is 4. The molecule has 10 nitrogen and oxygen atoms in total. The predicted molar refractivity (Wildman–Crippen MR) is 135 cm³/mol. The number of aromatic amines is 2. The summed E-state index contributed by atoms with van der Waals surface area (Å²) in [6.07, 6.45) is 9.35. The summed E-state index contributed by atoms with van der Waals surface area (Å²) in [7, 11) is 0. The van der Waals surface area contributed by atoms with Gasteiger partial charge in [-0.25, -0.2) is 23.7 Å². The summed E-state index contributed by atoms with van der Waals surface area (Å²) in [6.45, 7) is 3.87. The van der Waals surface area contributed by atoms with E-state index in [1.54, 1.807) is 12.4 Å². The number of H-pyrrole nitrogens is 2. The van der Waals surface area contributed by atoms with Crippen LogP contribution < -0.4 is 4.90 Å². The zero-order chi connectivity index (χ0) is 26.0. The number of aliphatic imine (C=N–C) groups is 1. The first-order valence-electron chi connectivity index (χ1n) is 11.6. The molecular weight excluding hydrogens is 480 g/mol. The summed E-state index contributed by atoms with van der Waals surface area (Å²) < 4.78 is 27.6. The Bertz CT molecular complexity index is 1410. The third-order valence-electron chi connectivity index (χ3n) is 6.46. The highest BCUT2D eigenvalue weighted by Gasteiger charge is 2.30. The Morgan fingerprint density at radius 1 is 1.08 bits per heavy atom. The van der Waals surface area contributed by atoms with Gasteiger partial charge in [0.2, 0.25) is 5.95 Å². The summed E-state index contributed by atoms with van der Waals surface area (Å²) >= 11 is 0. The van der Waals surface area contributed by atoms with Crippen LogP contribution in [0.1, 0.15) is 23.7 Å². The molecule has 0 aliphatic carbocycles. The third-order valence-corrected chi connectivity index (χ3v) is 6.46. The van der Waals surface area contributed by atoms with Crippen molar-refractivity contribution in [2.45, 2.75) is 12.5 Å². The molecule has 0 saturated carbocycles. The number of aromatic nitrogens is 5. The number of benzene rings is 1. The second-order valence-electron chi connectivity index (χ2n) is 8.81. The van der Waals surface area contributed by atoms with Gasteiger partial charge in [-0.2, -0.15) is 5.10 Å². The molecule has 0 radical (unpaired) electrons. The molecule has 3 aromatic heterocycles. The molecule has 1 aromatic carbocycles. The minimum absolute atomic E-state index is 0.0582. The van der Waals surface area contributed by atoms with Crippen LogP contribution in [0.3, 0.4) is 0 Å². The molecule has 1 saturated heterocycles. The molecule has 0 bridgehead atoms. The van der Waals surface area contributed by atoms with E-state index in [2.05, 4.69) is 35.0 Å². The number of nitrogens with one attached hydrogen (secondary N) is 3. The maximum atomic E-state index is 14.3. The first-order chi connectivity index (χ1) is 17.9. The molecule has 1 atom stereocenters. The molecular formula is C25H25F2N9O. The van der Waals surface area contributed by atoms with Crippen molar-refractivity contribution in [1.82, 2.24) is 30.0 Å². The second kappa shape index (κ2) is 9.90. The molecule has 1 aliphatic rings. The highest BCUT2D eigenvalue weighted by molar-refractivity contribution is 6.01. The minimum Gasteiger partial charge on any atom is -0.380 e. The van der Waals surface area contributed by atoms with Gasteiger partial charge in [0.05, 0.1) is 11.9 Å². The van der Waals surface area contributed by atoms with Crippen molar-refractivity contribution < 1.29 is 13.9 Å². The predicted octanol–water partition coefficient (Wildman–Crippen LogP) is 2.90. The number of nitrogens with zero attached hydrogens (tertiary/aromatic N) is 6. The van der Waals surface area contributed by atoms with E-state index in [4.69, 9.17) is 5.41 Å². The minimum atomic E-state index is -1.72. The van der Waals surface area contributed by atoms with Gasteiger partial charge in [-0.1, -0.05) is 0 Å². The van der Waals surface area contributed by atoms with E-state index in [9.17, 15) is 13.9 Å². The van der Waals surface area contributed by atoms with E-state index in [-0.39, 0.29) is 5.56 Å². The number of piperazine rings is 1. The van der Waals surface area contributed by atoms with E-state index in [0.717, 1.165) is 35.3 Å². The van der Waals surface area contributed by atoms with Gasteiger partial charge in [-0.15, -0.1) is 0 Å². The fourth-order valence-corrected chi connectivity index (χ4v) is 4.38. The second-order valence-corrected chi connectivity index (χ2v) is 8.81. The largest absolute Gasteiger partial charge is 0.380 e. The monoisotopic (exact) mass is 505 g/mol. The lowest BCUT2D eigenvalue weighted by Crippen LogP contribution is -2.49. The standard InChI is InChI=1S/C25H25F2N9O/c1-25(37,20-3-2-19(26)9-21(20)27)18-13-30-24(31-14-18)36-6-4-35(5-7-36)23(32-15-28)22-8-16(10-29-22)17-11-33-34-12-17/h2-3,8-15,28-29,37H,4-7H2,1H3,(H,33,34)/t25-/m1/s1. The van der Waals surface area contributed by atoms with Gasteiger partial charge in [0.25, 0.3) is 0 Å². The average molecular weight is 506 g/mol. The van der Waals surface area contributed by atoms with Gasteiger partial charge in [0.1, 0.15) is 23.6 Å². The molecule has 0 amide bonds. The van der Waals surface area contributed by atoms with Gasteiger partial charge in [0.15, 0.2) is 5.84 Å². The first kappa shape index (κ1) is 24.3. The quantitative estimate of drug-likeness (QED) is 0.235. The van der Waals surface area contributed by atoms with E-state index in [1.807, 2.05) is 17.2 Å². The lowest BCUT2D eigenvalue weighted by Gasteiger charge is -2.36. The Morgan fingerprint density at radius 2 is 1.84 bits per heavy atom. The fourth-order valence-electron chi connectivity index (χ4n) is 4.38. The van der Waals surface area contributed by atoms with Gasteiger partial charge >= 0.3 is 0 Å². The Balaban J connectivity index is 1.27. The molecule has 4 heterocycles. The van der Waals surface area contributed by atoms with Crippen LogP contribution in [0.4, 0.5) is 14.7 Å². The van der Waals surface area contributed by atoms with Crippen LogP contribution in [-0.4, -0.2) is 73.5 Å². The topological polar surface area (TPSA) is 133 Å². The van der Waals surface area contributed by atoms with Crippen molar-refractivity contribution >= 4 is 18.1 Å². The number of amidine groups is 1. The first-order valence-corrected chi connectivity index (χ1v) is 11.6. The molecule has 37 heavy (non-hydrogen) atoms. The molecule has 0 spiro atoms. The van der Waals surface area contributed by atoms with Crippen LogP contribution in [0.2, 0.25) is 0 Å². The smallest absolute Gasteiger partial charge is 0.225 e. The number of hydrogen-bond acceptors (Lipinski definition) is 6. The Kier molecular flexibility index (Phi) is 6.49. The molecule has 4 N–H and O–H groups in total. The van der Waals surface area contributed by atoms with Crippen molar-refractivity contribution in [3.63, 3.8) is 0 Å². The van der Waals surface area contributed by atoms with E-state index in [0.29, 0.717) is 43.5 Å². The van der Waals surface area contributed by atoms with Crippen LogP contribution in [0, 0.1) is 17.0 Å². The fraction of sp³-hybridized carbons (Fsp3) is 0.240. The lowest BCUT2D eigenvalue weighted by atomic mass is 9.89. The summed E-state index contributed by atoms with van der Waals surface area (Å²) in [5.74, 6) is -0.415. The SMILES string of the molecule is C[C@@](O)(c1cnc(N2CCN(C(=NC=N)c3cc(-c4cn[nH]c4)c[nH]3)CC2)nc1)c1ccc(F)cc1F. The number of rotatable bonds is 6. The molecule has 1 aliphatic heterocycles. The van der Waals surface area contributed by atoms with Gasteiger partial charge in [0, 0.05) is 79.3 Å². The molecule has 12 heteroatoms. The molecule has 190 valence electrons. The molecule has 0 unspecified atom stereocenters. The van der Waals surface area contributed by atoms with Crippen LogP contribution in [-0.2, 0) is 5.60 Å². The normalized spacial score (nSPS) is 16.1. The third kappa shape index (κ3) is 4.83. The van der Waals surface area contributed by atoms with Crippen molar-refractivity contribution in [3.05, 3.63) is 83.7 Å². The van der Waals surface area contributed by atoms with Crippen molar-refractivity contribution in [3.8, 4) is 11.1 Å². The number of anilines is 1. The summed E-state index contributed by atoms with van der Waals surface area (Å²) in [6, 6.07) is 5.02. The van der Waals surface area contributed by atoms with Crippen LogP contribution >= 0.6 is 0 Å². The highest BCUT2D eigenvalue weighted by Crippen LogP contribution is 2.31. The maximum absolute atomic E-state index is 14.3. The number of aliphatic hydroxyl groups is 1. The van der Waals surface area contributed by atoms with E-state index < -0.39 is 17.2 Å². The zero-order valence-corrected chi connectivity index (χ0v) is 20.0. The Hall–Kier alpha value is -4.45. The van der Waals surface area contributed by atoms with E-state index >= 15 is 0 Å². The summed E-state index contributed by atoms with van der Waals surface area (Å²) in [5.41, 5.74) is 1.22. The van der Waals surface area contributed by atoms with Crippen molar-refractivity contribution in [2.75, 3.05) is 31.1 Å². The van der Waals surface area contributed by atoms with Crippen LogP contribution in [0.5, 0.6) is 0 Å². The number of halogens is 2. The van der Waals surface area contributed by atoms with Gasteiger partial charge < -0.3 is 19.9 Å². The van der Waals surface area contributed by atoms with Crippen molar-refractivity contribution in [2.24, 2.45) is 4.99 Å². The van der Waals surface area contributed by atoms with E-state index in [1.165, 1.54) is 25.4 Å². The highest BCUT2D eigenvalue weighted by atomic mass is 19.1. The van der Waals surface area contributed by atoms with Crippen LogP contribution in [0.25, 0.3) is 11.1 Å². The summed E-state index contributed by atoms with van der Waals surface area (Å²) in [4.78, 5) is 20.4. The van der Waals surface area contributed by atoms with Crippen LogP contribution in [0.15, 0.2) is 60.2 Å². The van der Waals surface area contributed by atoms with Crippen molar-refractivity contribution in [1.29, 1.82) is 5.41 Å². The maximum Gasteiger partial charge on any atom is 0.225 e. The lowest BCUT2D eigenvalue weighted by molar-refractivity contribution is 0.0970. The molecule has 5 rings (SSSR count). The Morgan fingerprint density at radius 3 is 2.49 bits per heavy atom. The van der Waals surface area contributed by atoms with Gasteiger partial charge in [-0.3, -0.25) is 10.5 Å². The molecule has 4 aromatic rings. The average Bonchev–Trinajstić information content (AvgIpc) is 3.60. The zero-order valence-electron chi connectivity index (χ0n) is 20.0. The van der Waals surface area contributed by atoms with Gasteiger partial charge in [-0.05, 0) is 25.1 Å².